The van der Waals surface area contributed by atoms with Gasteiger partial charge in [-0.15, -0.1) is 0 Å². The predicted octanol–water partition coefficient (Wildman–Crippen LogP) is 5.81. The number of hydrogen-bond acceptors (Lipinski definition) is 2. The van der Waals surface area contributed by atoms with Crippen LogP contribution in [-0.4, -0.2) is 15.8 Å². The van der Waals surface area contributed by atoms with Crippen LogP contribution in [0.2, 0.25) is 10.0 Å². The quantitative estimate of drug-likeness (QED) is 0.578. The van der Waals surface area contributed by atoms with Crippen LogP contribution in [0, 0.1) is 20.8 Å². The van der Waals surface area contributed by atoms with Gasteiger partial charge in [-0.25, -0.2) is 4.79 Å². The van der Waals surface area contributed by atoms with Gasteiger partial charge in [-0.3, -0.25) is 4.68 Å². The third kappa shape index (κ3) is 4.62. The summed E-state index contributed by atoms with van der Waals surface area (Å²) in [6.07, 6.45) is 0. The molecule has 0 radical (unpaired) electrons. The van der Waals surface area contributed by atoms with Crippen LogP contribution < -0.4 is 10.6 Å². The van der Waals surface area contributed by atoms with E-state index < -0.39 is 0 Å². The van der Waals surface area contributed by atoms with Crippen LogP contribution in [0.1, 0.15) is 22.5 Å². The molecule has 0 aliphatic rings. The highest BCUT2D eigenvalue weighted by Crippen LogP contribution is 2.26. The number of benzene rings is 2. The highest BCUT2D eigenvalue weighted by atomic mass is 35.5. The minimum Gasteiger partial charge on any atom is -0.306 e. The van der Waals surface area contributed by atoms with Gasteiger partial charge in [0.2, 0.25) is 0 Å². The van der Waals surface area contributed by atoms with Crippen molar-refractivity contribution in [3.8, 4) is 0 Å². The summed E-state index contributed by atoms with van der Waals surface area (Å²) in [5.41, 5.74) is 5.16. The van der Waals surface area contributed by atoms with Gasteiger partial charge in [0.15, 0.2) is 0 Å². The van der Waals surface area contributed by atoms with Crippen molar-refractivity contribution < 1.29 is 4.79 Å². The molecule has 0 aliphatic heterocycles. The average Bonchev–Trinajstić information content (AvgIpc) is 2.85. The largest absolute Gasteiger partial charge is 0.323 e. The number of nitrogens with one attached hydrogen (secondary N) is 2. The maximum atomic E-state index is 12.4. The van der Waals surface area contributed by atoms with Gasteiger partial charge in [-0.2, -0.15) is 5.10 Å². The summed E-state index contributed by atoms with van der Waals surface area (Å²) in [6, 6.07) is 12.8. The maximum Gasteiger partial charge on any atom is 0.323 e. The molecule has 0 atom stereocenters. The number of hydrogen-bond donors (Lipinski definition) is 2. The average molecular weight is 403 g/mol. The molecule has 2 amide bonds. The zero-order chi connectivity index (χ0) is 19.6. The number of rotatable bonds is 4. The zero-order valence-electron chi connectivity index (χ0n) is 15.3. The molecular weight excluding hydrogens is 383 g/mol. The summed E-state index contributed by atoms with van der Waals surface area (Å²) in [5, 5.41) is 11.0. The lowest BCUT2D eigenvalue weighted by Crippen LogP contribution is -2.20. The number of urea groups is 1. The van der Waals surface area contributed by atoms with Crippen LogP contribution in [0.25, 0.3) is 0 Å². The van der Waals surface area contributed by atoms with Gasteiger partial charge in [-0.05, 0) is 44.5 Å². The highest BCUT2D eigenvalue weighted by molar-refractivity contribution is 6.36. The molecule has 0 saturated heterocycles. The van der Waals surface area contributed by atoms with E-state index in [0.29, 0.717) is 28.0 Å². The molecule has 2 N–H and O–H groups in total. The second kappa shape index (κ2) is 8.03. The highest BCUT2D eigenvalue weighted by Gasteiger charge is 2.15. The van der Waals surface area contributed by atoms with Gasteiger partial charge < -0.3 is 10.6 Å². The molecule has 0 bridgehead atoms. The van der Waals surface area contributed by atoms with Crippen molar-refractivity contribution in [3.63, 3.8) is 0 Å². The van der Waals surface area contributed by atoms with Crippen LogP contribution in [-0.2, 0) is 6.54 Å². The number of nitrogens with zero attached hydrogens (tertiary/aromatic N) is 2. The molecule has 27 heavy (non-hydrogen) atoms. The van der Waals surface area contributed by atoms with Gasteiger partial charge in [0.05, 0.1) is 34.3 Å². The van der Waals surface area contributed by atoms with Crippen LogP contribution in [0.5, 0.6) is 0 Å². The van der Waals surface area contributed by atoms with E-state index in [9.17, 15) is 4.79 Å². The van der Waals surface area contributed by atoms with E-state index in [0.717, 1.165) is 17.0 Å². The standard InChI is InChI=1S/C20H20Cl2N4O/c1-12-5-4-6-15(9-12)11-26-14(3)19(13(2)25-26)24-20(27)23-18-8-7-16(21)10-17(18)22/h4-10H,11H2,1-3H3,(H2,23,24,27). The van der Waals surface area contributed by atoms with E-state index >= 15 is 0 Å². The number of anilines is 2. The summed E-state index contributed by atoms with van der Waals surface area (Å²) < 4.78 is 1.88. The second-order valence-electron chi connectivity index (χ2n) is 6.40. The van der Waals surface area contributed by atoms with Gasteiger partial charge in [-0.1, -0.05) is 53.0 Å². The van der Waals surface area contributed by atoms with Gasteiger partial charge in [0.1, 0.15) is 0 Å². The summed E-state index contributed by atoms with van der Waals surface area (Å²) in [7, 11) is 0. The van der Waals surface area contributed by atoms with E-state index in [1.807, 2.05) is 24.6 Å². The van der Waals surface area contributed by atoms with Crippen LogP contribution in [0.4, 0.5) is 16.2 Å². The van der Waals surface area contributed by atoms with E-state index in [1.165, 1.54) is 5.56 Å². The van der Waals surface area contributed by atoms with Crippen molar-refractivity contribution in [1.29, 1.82) is 0 Å². The molecule has 0 fully saturated rings. The Morgan fingerprint density at radius 2 is 1.85 bits per heavy atom. The summed E-state index contributed by atoms with van der Waals surface area (Å²) >= 11 is 12.0. The van der Waals surface area contributed by atoms with E-state index in [1.54, 1.807) is 18.2 Å². The molecule has 0 saturated carbocycles. The first-order chi connectivity index (χ1) is 12.8. The number of aryl methyl sites for hydroxylation is 2. The monoisotopic (exact) mass is 402 g/mol. The SMILES string of the molecule is Cc1cccc(Cn2nc(C)c(NC(=O)Nc3ccc(Cl)cc3Cl)c2C)c1. The first kappa shape index (κ1) is 19.3. The molecular formula is C20H20Cl2N4O. The summed E-state index contributed by atoms with van der Waals surface area (Å²) in [4.78, 5) is 12.4. The molecule has 0 aliphatic carbocycles. The fourth-order valence-electron chi connectivity index (χ4n) is 2.87. The first-order valence-corrected chi connectivity index (χ1v) is 9.21. The lowest BCUT2D eigenvalue weighted by atomic mass is 10.1. The Hall–Kier alpha value is -2.50. The lowest BCUT2D eigenvalue weighted by Gasteiger charge is -2.10. The van der Waals surface area contributed by atoms with Crippen molar-refractivity contribution in [2.75, 3.05) is 10.6 Å². The first-order valence-electron chi connectivity index (χ1n) is 8.46. The number of carbonyl (C=O) groups excluding carboxylic acids is 1. The van der Waals surface area contributed by atoms with Crippen molar-refractivity contribution in [2.45, 2.75) is 27.3 Å². The fraction of sp³-hybridized carbons (Fsp3) is 0.200. The van der Waals surface area contributed by atoms with Crippen molar-refractivity contribution in [3.05, 3.63) is 75.0 Å². The topological polar surface area (TPSA) is 59.0 Å². The Morgan fingerprint density at radius 3 is 2.56 bits per heavy atom. The molecule has 3 rings (SSSR count). The zero-order valence-corrected chi connectivity index (χ0v) is 16.8. The third-order valence-corrected chi connectivity index (χ3v) is 4.76. The van der Waals surface area contributed by atoms with Gasteiger partial charge >= 0.3 is 6.03 Å². The molecule has 3 aromatic rings. The molecule has 140 valence electrons. The molecule has 7 heteroatoms. The van der Waals surface area contributed by atoms with Crippen LogP contribution in [0.3, 0.4) is 0 Å². The van der Waals surface area contributed by atoms with Crippen LogP contribution in [0.15, 0.2) is 42.5 Å². The summed E-state index contributed by atoms with van der Waals surface area (Å²) in [6.45, 7) is 6.50. The van der Waals surface area contributed by atoms with Crippen molar-refractivity contribution in [1.82, 2.24) is 9.78 Å². The number of amides is 2. The van der Waals surface area contributed by atoms with Crippen molar-refractivity contribution >= 4 is 40.6 Å². The Bertz CT molecular complexity index is 998. The Balaban J connectivity index is 1.75. The maximum absolute atomic E-state index is 12.4. The molecule has 0 unspecified atom stereocenters. The number of carbonyl (C=O) groups is 1. The number of halogens is 2. The third-order valence-electron chi connectivity index (χ3n) is 4.21. The second-order valence-corrected chi connectivity index (χ2v) is 7.24. The molecule has 1 aromatic heterocycles. The van der Waals surface area contributed by atoms with E-state index in [-0.39, 0.29) is 6.03 Å². The summed E-state index contributed by atoms with van der Waals surface area (Å²) in [5.74, 6) is 0. The smallest absolute Gasteiger partial charge is 0.306 e. The number of aromatic nitrogens is 2. The van der Waals surface area contributed by atoms with Gasteiger partial charge in [0.25, 0.3) is 0 Å². The Morgan fingerprint density at radius 1 is 1.07 bits per heavy atom. The Kier molecular flexibility index (Phi) is 5.73. The molecule has 0 spiro atoms. The molecule has 2 aromatic carbocycles. The minimum atomic E-state index is -0.388. The normalized spacial score (nSPS) is 10.7. The fourth-order valence-corrected chi connectivity index (χ4v) is 3.33. The van der Waals surface area contributed by atoms with Crippen molar-refractivity contribution in [2.24, 2.45) is 0 Å². The molecule has 5 nitrogen and oxygen atoms in total. The predicted molar refractivity (Wildman–Crippen MR) is 111 cm³/mol. The Labute approximate surface area is 168 Å². The van der Waals surface area contributed by atoms with E-state index in [4.69, 9.17) is 23.2 Å². The van der Waals surface area contributed by atoms with Gasteiger partial charge in [0, 0.05) is 5.02 Å². The minimum absolute atomic E-state index is 0.376. The lowest BCUT2D eigenvalue weighted by molar-refractivity contribution is 0.262. The van der Waals surface area contributed by atoms with E-state index in [2.05, 4.69) is 40.9 Å². The van der Waals surface area contributed by atoms with Crippen LogP contribution >= 0.6 is 23.2 Å². The molecule has 1 heterocycles.